The highest BCUT2D eigenvalue weighted by molar-refractivity contribution is 5.52. The van der Waals surface area contributed by atoms with E-state index in [9.17, 15) is 0 Å². The molecule has 0 bridgehead atoms. The van der Waals surface area contributed by atoms with Gasteiger partial charge in [0.2, 0.25) is 5.95 Å². The molecule has 120 valence electrons. The van der Waals surface area contributed by atoms with Crippen molar-refractivity contribution in [3.05, 3.63) is 11.3 Å². The van der Waals surface area contributed by atoms with Gasteiger partial charge in [-0.25, -0.2) is 4.98 Å². The molecule has 1 aromatic rings. The summed E-state index contributed by atoms with van der Waals surface area (Å²) in [6, 6.07) is 1.15. The molecule has 1 aromatic heterocycles. The fraction of sp³-hybridized carbons (Fsp3) is 0.750. The normalized spacial score (nSPS) is 30.1. The summed E-state index contributed by atoms with van der Waals surface area (Å²) in [4.78, 5) is 11.3. The van der Waals surface area contributed by atoms with Crippen LogP contribution in [0.3, 0.4) is 0 Å². The lowest BCUT2D eigenvalue weighted by molar-refractivity contribution is 0.444. The maximum atomic E-state index is 5.94. The molecule has 2 aliphatic carbocycles. The SMILES string of the molecule is CN(CC1NNC2CCCC21)c1nc(N)nc2c1CCCC2. The zero-order valence-electron chi connectivity index (χ0n) is 13.3. The summed E-state index contributed by atoms with van der Waals surface area (Å²) < 4.78 is 0. The first-order chi connectivity index (χ1) is 10.7. The van der Waals surface area contributed by atoms with Crippen molar-refractivity contribution in [3.63, 3.8) is 0 Å². The number of nitrogens with zero attached hydrogens (tertiary/aromatic N) is 3. The fourth-order valence-electron chi connectivity index (χ4n) is 4.44. The Hall–Kier alpha value is -1.40. The number of likely N-dealkylation sites (N-methyl/N-ethyl adjacent to an activating group) is 1. The predicted octanol–water partition coefficient (Wildman–Crippen LogP) is 1.02. The van der Waals surface area contributed by atoms with E-state index in [2.05, 4.69) is 32.8 Å². The van der Waals surface area contributed by atoms with E-state index in [0.29, 0.717) is 18.0 Å². The van der Waals surface area contributed by atoms with E-state index in [0.717, 1.165) is 36.8 Å². The Morgan fingerprint density at radius 1 is 1.14 bits per heavy atom. The number of nitrogen functional groups attached to an aromatic ring is 1. The van der Waals surface area contributed by atoms with Crippen molar-refractivity contribution in [1.82, 2.24) is 20.8 Å². The van der Waals surface area contributed by atoms with E-state index < -0.39 is 0 Å². The Balaban J connectivity index is 1.55. The van der Waals surface area contributed by atoms with E-state index >= 15 is 0 Å². The molecule has 0 amide bonds. The van der Waals surface area contributed by atoms with Crippen molar-refractivity contribution in [2.24, 2.45) is 5.92 Å². The Morgan fingerprint density at radius 2 is 2.00 bits per heavy atom. The molecule has 0 radical (unpaired) electrons. The monoisotopic (exact) mass is 302 g/mol. The molecule has 22 heavy (non-hydrogen) atoms. The van der Waals surface area contributed by atoms with Crippen LogP contribution in [0.15, 0.2) is 0 Å². The average molecular weight is 302 g/mol. The summed E-state index contributed by atoms with van der Waals surface area (Å²) in [6.07, 6.45) is 8.54. The van der Waals surface area contributed by atoms with Crippen LogP contribution in [0.2, 0.25) is 0 Å². The lowest BCUT2D eigenvalue weighted by atomic mass is 9.95. The zero-order chi connectivity index (χ0) is 15.1. The third-order valence-corrected chi connectivity index (χ3v) is 5.55. The molecule has 3 atom stereocenters. The summed E-state index contributed by atoms with van der Waals surface area (Å²) in [6.45, 7) is 0.969. The molecular formula is C16H26N6. The fourth-order valence-corrected chi connectivity index (χ4v) is 4.44. The van der Waals surface area contributed by atoms with Crippen LogP contribution in [0.1, 0.15) is 43.4 Å². The van der Waals surface area contributed by atoms with Gasteiger partial charge in [-0.05, 0) is 44.4 Å². The van der Waals surface area contributed by atoms with Crippen LogP contribution in [0.4, 0.5) is 11.8 Å². The highest BCUT2D eigenvalue weighted by Crippen LogP contribution is 2.33. The Bertz CT molecular complexity index is 560. The van der Waals surface area contributed by atoms with Crippen LogP contribution < -0.4 is 21.5 Å². The lowest BCUT2D eigenvalue weighted by Gasteiger charge is -2.28. The van der Waals surface area contributed by atoms with Crippen LogP contribution >= 0.6 is 0 Å². The summed E-state index contributed by atoms with van der Waals surface area (Å²) in [5, 5.41) is 0. The van der Waals surface area contributed by atoms with Gasteiger partial charge in [0.15, 0.2) is 0 Å². The first-order valence-electron chi connectivity index (χ1n) is 8.60. The van der Waals surface area contributed by atoms with Crippen molar-refractivity contribution in [2.75, 3.05) is 24.2 Å². The maximum Gasteiger partial charge on any atom is 0.222 e. The second-order valence-corrected chi connectivity index (χ2v) is 7.01. The number of aryl methyl sites for hydroxylation is 1. The Labute approximate surface area is 131 Å². The van der Waals surface area contributed by atoms with Crippen molar-refractivity contribution in [1.29, 1.82) is 0 Å². The quantitative estimate of drug-likeness (QED) is 0.774. The standard InChI is InChI=1S/C16H26N6/c1-22(9-14-10-6-4-8-13(10)20-21-14)15-11-5-2-3-7-12(11)18-16(17)19-15/h10,13-14,20-21H,2-9H2,1H3,(H2,17,18,19). The van der Waals surface area contributed by atoms with Crippen molar-refractivity contribution in [3.8, 4) is 0 Å². The topological polar surface area (TPSA) is 79.1 Å². The van der Waals surface area contributed by atoms with Crippen molar-refractivity contribution < 1.29 is 0 Å². The molecule has 3 aliphatic rings. The molecule has 1 saturated heterocycles. The first-order valence-corrected chi connectivity index (χ1v) is 8.60. The van der Waals surface area contributed by atoms with Crippen LogP contribution in [0, 0.1) is 5.92 Å². The number of fused-ring (bicyclic) bond motifs is 2. The number of nitrogens with two attached hydrogens (primary N) is 1. The maximum absolute atomic E-state index is 5.94. The number of nitrogens with one attached hydrogen (secondary N) is 2. The van der Waals surface area contributed by atoms with Gasteiger partial charge in [0.25, 0.3) is 0 Å². The summed E-state index contributed by atoms with van der Waals surface area (Å²) in [5.41, 5.74) is 15.4. The van der Waals surface area contributed by atoms with E-state index in [-0.39, 0.29) is 0 Å². The van der Waals surface area contributed by atoms with Gasteiger partial charge in [-0.1, -0.05) is 6.42 Å². The molecular weight excluding hydrogens is 276 g/mol. The predicted molar refractivity (Wildman–Crippen MR) is 87.5 cm³/mol. The third-order valence-electron chi connectivity index (χ3n) is 5.55. The molecule has 1 saturated carbocycles. The first kappa shape index (κ1) is 14.2. The zero-order valence-corrected chi connectivity index (χ0v) is 13.3. The minimum atomic E-state index is 0.416. The summed E-state index contributed by atoms with van der Waals surface area (Å²) in [7, 11) is 2.14. The number of aromatic nitrogens is 2. The van der Waals surface area contributed by atoms with Gasteiger partial charge < -0.3 is 10.6 Å². The number of hydrazine groups is 1. The molecule has 4 N–H and O–H groups in total. The Morgan fingerprint density at radius 3 is 2.91 bits per heavy atom. The van der Waals surface area contributed by atoms with E-state index in [1.807, 2.05) is 0 Å². The Kier molecular flexibility index (Phi) is 3.66. The van der Waals surface area contributed by atoms with Gasteiger partial charge >= 0.3 is 0 Å². The van der Waals surface area contributed by atoms with Crippen LogP contribution in [0.5, 0.6) is 0 Å². The molecule has 1 aliphatic heterocycles. The second kappa shape index (κ2) is 5.66. The van der Waals surface area contributed by atoms with Crippen molar-refractivity contribution in [2.45, 2.75) is 57.0 Å². The van der Waals surface area contributed by atoms with E-state index in [1.165, 1.54) is 37.7 Å². The summed E-state index contributed by atoms with van der Waals surface area (Å²) >= 11 is 0. The van der Waals surface area contributed by atoms with Gasteiger partial charge in [0.05, 0.1) is 5.69 Å². The van der Waals surface area contributed by atoms with Gasteiger partial charge in [-0.15, -0.1) is 0 Å². The molecule has 4 rings (SSSR count). The highest BCUT2D eigenvalue weighted by Gasteiger charge is 2.39. The largest absolute Gasteiger partial charge is 0.368 e. The molecule has 3 unspecified atom stereocenters. The minimum absolute atomic E-state index is 0.416. The molecule has 0 spiro atoms. The third kappa shape index (κ3) is 2.44. The molecule has 2 fully saturated rings. The average Bonchev–Trinajstić information content (AvgIpc) is 3.11. The summed E-state index contributed by atoms with van der Waals surface area (Å²) in [5.74, 6) is 2.21. The van der Waals surface area contributed by atoms with Gasteiger partial charge in [-0.2, -0.15) is 4.98 Å². The van der Waals surface area contributed by atoms with Gasteiger partial charge in [0.1, 0.15) is 5.82 Å². The van der Waals surface area contributed by atoms with E-state index in [1.54, 1.807) is 0 Å². The van der Waals surface area contributed by atoms with Crippen molar-refractivity contribution >= 4 is 11.8 Å². The van der Waals surface area contributed by atoms with Crippen LogP contribution in [0.25, 0.3) is 0 Å². The number of hydrogen-bond donors (Lipinski definition) is 3. The van der Waals surface area contributed by atoms with Crippen LogP contribution in [-0.4, -0.2) is 35.6 Å². The smallest absolute Gasteiger partial charge is 0.222 e. The number of hydrogen-bond acceptors (Lipinski definition) is 6. The van der Waals surface area contributed by atoms with E-state index in [4.69, 9.17) is 5.73 Å². The minimum Gasteiger partial charge on any atom is -0.368 e. The number of anilines is 2. The lowest BCUT2D eigenvalue weighted by Crippen LogP contribution is -2.42. The van der Waals surface area contributed by atoms with Gasteiger partial charge in [-0.3, -0.25) is 10.9 Å². The van der Waals surface area contributed by atoms with Gasteiger partial charge in [0, 0.05) is 31.2 Å². The number of rotatable bonds is 3. The molecule has 2 heterocycles. The molecule has 0 aromatic carbocycles. The highest BCUT2D eigenvalue weighted by atomic mass is 15.4. The van der Waals surface area contributed by atoms with Crippen LogP contribution in [-0.2, 0) is 12.8 Å². The second-order valence-electron chi connectivity index (χ2n) is 7.01. The molecule has 6 nitrogen and oxygen atoms in total. The molecule has 6 heteroatoms.